The number of nitrogens with two attached hydrogens (primary N) is 1. The van der Waals surface area contributed by atoms with Crippen LogP contribution in [0.2, 0.25) is 0 Å². The van der Waals surface area contributed by atoms with E-state index in [0.717, 1.165) is 31.2 Å². The zero-order chi connectivity index (χ0) is 33.3. The van der Waals surface area contributed by atoms with Gasteiger partial charge in [0.05, 0.1) is 25.3 Å². The number of ether oxygens (including phenoxy) is 2. The number of nitrogens with one attached hydrogen (secondary N) is 3. The van der Waals surface area contributed by atoms with Crippen molar-refractivity contribution in [3.8, 4) is 17.0 Å². The predicted octanol–water partition coefficient (Wildman–Crippen LogP) is 4.93. The molecule has 5 rings (SSSR count). The van der Waals surface area contributed by atoms with Gasteiger partial charge in [0.2, 0.25) is 5.88 Å². The maximum absolute atomic E-state index is 13.7. The maximum atomic E-state index is 13.7. The van der Waals surface area contributed by atoms with Crippen LogP contribution in [0.3, 0.4) is 0 Å². The summed E-state index contributed by atoms with van der Waals surface area (Å²) in [5.74, 6) is -1.45. The minimum Gasteiger partial charge on any atom is -0.481 e. The Morgan fingerprint density at radius 2 is 1.62 bits per heavy atom. The lowest BCUT2D eigenvalue weighted by atomic mass is 9.94. The number of pyridine rings is 1. The van der Waals surface area contributed by atoms with E-state index >= 15 is 0 Å². The van der Waals surface area contributed by atoms with Crippen molar-refractivity contribution in [3.05, 3.63) is 113 Å². The number of aliphatic hydroxyl groups is 1. The van der Waals surface area contributed by atoms with E-state index in [1.54, 1.807) is 48.5 Å². The number of hydrogen-bond donors (Lipinski definition) is 5. The SMILES string of the molecule is COc1ccc(-c2ccc(C(=O)NC(CO)C3CCCC3)cc2C(=O)OCc2ccccc2)c(C(=O)Nc2ccc(C(=N)N)cc2)n1. The summed E-state index contributed by atoms with van der Waals surface area (Å²) in [6.07, 6.45) is 3.96. The molecular weight excluding hydrogens is 598 g/mol. The Kier molecular flexibility index (Phi) is 10.6. The van der Waals surface area contributed by atoms with E-state index in [1.165, 1.54) is 13.2 Å². The van der Waals surface area contributed by atoms with Gasteiger partial charge in [-0.15, -0.1) is 0 Å². The molecule has 1 saturated carbocycles. The molecule has 11 heteroatoms. The predicted molar refractivity (Wildman–Crippen MR) is 177 cm³/mol. The minimum atomic E-state index is -0.699. The van der Waals surface area contributed by atoms with Crippen molar-refractivity contribution in [2.24, 2.45) is 11.7 Å². The molecule has 3 aromatic carbocycles. The number of anilines is 1. The Balaban J connectivity index is 1.51. The van der Waals surface area contributed by atoms with Gasteiger partial charge in [0.15, 0.2) is 0 Å². The van der Waals surface area contributed by atoms with Gasteiger partial charge in [-0.05, 0) is 72.4 Å². The fraction of sp³-hybridized carbons (Fsp3) is 0.250. The maximum Gasteiger partial charge on any atom is 0.339 e. The highest BCUT2D eigenvalue weighted by Crippen LogP contribution is 2.31. The van der Waals surface area contributed by atoms with Crippen LogP contribution < -0.4 is 21.1 Å². The second kappa shape index (κ2) is 15.2. The van der Waals surface area contributed by atoms with Gasteiger partial charge in [0.25, 0.3) is 11.8 Å². The van der Waals surface area contributed by atoms with Gasteiger partial charge in [0.1, 0.15) is 18.1 Å². The van der Waals surface area contributed by atoms with Crippen LogP contribution >= 0.6 is 0 Å². The molecule has 1 unspecified atom stereocenters. The zero-order valence-electron chi connectivity index (χ0n) is 26.0. The second-order valence-corrected chi connectivity index (χ2v) is 11.3. The molecule has 0 bridgehead atoms. The summed E-state index contributed by atoms with van der Waals surface area (Å²) in [5.41, 5.74) is 8.12. The van der Waals surface area contributed by atoms with Crippen molar-refractivity contribution in [3.63, 3.8) is 0 Å². The number of rotatable bonds is 12. The first-order valence-corrected chi connectivity index (χ1v) is 15.4. The van der Waals surface area contributed by atoms with Crippen LogP contribution in [0.15, 0.2) is 84.9 Å². The molecule has 1 aromatic heterocycles. The first kappa shape index (κ1) is 32.8. The van der Waals surface area contributed by atoms with Crippen molar-refractivity contribution >= 4 is 29.3 Å². The van der Waals surface area contributed by atoms with Crippen LogP contribution in [0.4, 0.5) is 5.69 Å². The van der Waals surface area contributed by atoms with E-state index in [9.17, 15) is 19.5 Å². The fourth-order valence-electron chi connectivity index (χ4n) is 5.68. The average molecular weight is 636 g/mol. The molecule has 1 heterocycles. The molecule has 1 aliphatic rings. The molecule has 1 fully saturated rings. The summed E-state index contributed by atoms with van der Waals surface area (Å²) in [4.78, 5) is 45.2. The molecule has 11 nitrogen and oxygen atoms in total. The number of amidine groups is 1. The number of nitrogens with zero attached hydrogens (tertiary/aromatic N) is 1. The lowest BCUT2D eigenvalue weighted by Gasteiger charge is -2.23. The van der Waals surface area contributed by atoms with Crippen molar-refractivity contribution in [2.75, 3.05) is 19.0 Å². The Morgan fingerprint density at radius 3 is 2.28 bits per heavy atom. The van der Waals surface area contributed by atoms with Crippen molar-refractivity contribution in [2.45, 2.75) is 38.3 Å². The Morgan fingerprint density at radius 1 is 0.936 bits per heavy atom. The van der Waals surface area contributed by atoms with Gasteiger partial charge < -0.3 is 30.9 Å². The normalized spacial score (nSPS) is 13.4. The van der Waals surface area contributed by atoms with E-state index in [0.29, 0.717) is 22.4 Å². The van der Waals surface area contributed by atoms with Gasteiger partial charge in [0, 0.05) is 28.4 Å². The summed E-state index contributed by atoms with van der Waals surface area (Å²) < 4.78 is 11.0. The minimum absolute atomic E-state index is 0.00569. The van der Waals surface area contributed by atoms with Crippen LogP contribution in [0.5, 0.6) is 5.88 Å². The average Bonchev–Trinajstić information content (AvgIpc) is 3.64. The second-order valence-electron chi connectivity index (χ2n) is 11.3. The lowest BCUT2D eigenvalue weighted by Crippen LogP contribution is -2.42. The number of benzene rings is 3. The molecule has 0 saturated heterocycles. The van der Waals surface area contributed by atoms with Gasteiger partial charge in [-0.25, -0.2) is 9.78 Å². The van der Waals surface area contributed by atoms with Crippen LogP contribution in [0.1, 0.15) is 68.0 Å². The molecule has 0 aliphatic heterocycles. The van der Waals surface area contributed by atoms with E-state index in [1.807, 2.05) is 30.3 Å². The molecule has 0 radical (unpaired) electrons. The van der Waals surface area contributed by atoms with E-state index in [4.69, 9.17) is 20.6 Å². The molecule has 0 spiro atoms. The van der Waals surface area contributed by atoms with E-state index < -0.39 is 23.8 Å². The molecule has 6 N–H and O–H groups in total. The molecule has 242 valence electrons. The molecular formula is C36H37N5O6. The monoisotopic (exact) mass is 635 g/mol. The number of carbonyl (C=O) groups excluding carboxylic acids is 3. The molecule has 4 aromatic rings. The molecule has 1 atom stereocenters. The zero-order valence-corrected chi connectivity index (χ0v) is 26.0. The van der Waals surface area contributed by atoms with Crippen molar-refractivity contribution < 1.29 is 29.0 Å². The Hall–Kier alpha value is -5.55. The smallest absolute Gasteiger partial charge is 0.339 e. The number of nitrogen functional groups attached to an aromatic ring is 1. The summed E-state index contributed by atoms with van der Waals surface area (Å²) >= 11 is 0. The Labute approximate surface area is 272 Å². The van der Waals surface area contributed by atoms with E-state index in [-0.39, 0.29) is 47.7 Å². The molecule has 2 amide bonds. The lowest BCUT2D eigenvalue weighted by molar-refractivity contribution is 0.0473. The first-order chi connectivity index (χ1) is 22.8. The van der Waals surface area contributed by atoms with E-state index in [2.05, 4.69) is 15.6 Å². The first-order valence-electron chi connectivity index (χ1n) is 15.4. The fourth-order valence-corrected chi connectivity index (χ4v) is 5.68. The van der Waals surface area contributed by atoms with Crippen LogP contribution in [-0.4, -0.2) is 53.5 Å². The highest BCUT2D eigenvalue weighted by Gasteiger charge is 2.28. The van der Waals surface area contributed by atoms with Gasteiger partial charge in [-0.3, -0.25) is 15.0 Å². The number of esters is 1. The van der Waals surface area contributed by atoms with Gasteiger partial charge in [-0.2, -0.15) is 0 Å². The number of amides is 2. The number of carbonyl (C=O) groups is 3. The Bertz CT molecular complexity index is 1750. The summed E-state index contributed by atoms with van der Waals surface area (Å²) in [5, 5.41) is 23.3. The largest absolute Gasteiger partial charge is 0.481 e. The summed E-state index contributed by atoms with van der Waals surface area (Å²) in [6, 6.07) is 23.0. The third-order valence-corrected chi connectivity index (χ3v) is 8.23. The highest BCUT2D eigenvalue weighted by molar-refractivity contribution is 6.10. The number of hydrogen-bond acceptors (Lipinski definition) is 8. The number of aliphatic hydroxyl groups excluding tert-OH is 1. The van der Waals surface area contributed by atoms with Crippen molar-refractivity contribution in [1.29, 1.82) is 5.41 Å². The summed E-state index contributed by atoms with van der Waals surface area (Å²) in [6.45, 7) is -0.192. The third-order valence-electron chi connectivity index (χ3n) is 8.23. The third kappa shape index (κ3) is 8.00. The molecule has 1 aliphatic carbocycles. The standard InChI is InChI=1S/C36H37N5O6/c1-46-31-18-17-28(32(41-31)35(44)39-26-14-11-24(12-15-26)33(37)38)27-16-13-25(34(43)40-30(20-42)23-9-5-6-10-23)19-29(27)36(45)47-21-22-7-3-2-4-8-22/h2-4,7-8,11-19,23,30,42H,5-6,9-10,20-21H2,1H3,(H3,37,38)(H,39,44)(H,40,43). The van der Waals surface area contributed by atoms with Crippen LogP contribution in [0, 0.1) is 11.3 Å². The van der Waals surface area contributed by atoms with Crippen LogP contribution in [-0.2, 0) is 11.3 Å². The quantitative estimate of drug-likeness (QED) is 0.0827. The molecule has 47 heavy (non-hydrogen) atoms. The topological polar surface area (TPSA) is 177 Å². The summed E-state index contributed by atoms with van der Waals surface area (Å²) in [7, 11) is 1.43. The van der Waals surface area contributed by atoms with Crippen molar-refractivity contribution in [1.82, 2.24) is 10.3 Å². The highest BCUT2D eigenvalue weighted by atomic mass is 16.5. The number of methoxy groups -OCH3 is 1. The number of aromatic nitrogens is 1. The van der Waals surface area contributed by atoms with Crippen LogP contribution in [0.25, 0.3) is 11.1 Å². The van der Waals surface area contributed by atoms with Gasteiger partial charge >= 0.3 is 5.97 Å². The van der Waals surface area contributed by atoms with Gasteiger partial charge in [-0.1, -0.05) is 49.2 Å².